The number of aliphatic hydroxyl groups is 1. The zero-order valence-corrected chi connectivity index (χ0v) is 9.92. The first-order valence-electron chi connectivity index (χ1n) is 5.39. The van der Waals surface area contributed by atoms with Gasteiger partial charge in [0.2, 0.25) is 5.91 Å². The van der Waals surface area contributed by atoms with E-state index in [2.05, 4.69) is 5.32 Å². The zero-order chi connectivity index (χ0) is 11.4. The third kappa shape index (κ3) is 4.09. The van der Waals surface area contributed by atoms with Gasteiger partial charge in [0.05, 0.1) is 5.60 Å². The lowest BCUT2D eigenvalue weighted by Gasteiger charge is -2.42. The van der Waals surface area contributed by atoms with E-state index in [1.807, 2.05) is 27.7 Å². The van der Waals surface area contributed by atoms with Gasteiger partial charge in [-0.25, -0.2) is 0 Å². The second-order valence-corrected chi connectivity index (χ2v) is 4.22. The van der Waals surface area contributed by atoms with Crippen LogP contribution in [0.25, 0.3) is 0 Å². The minimum absolute atomic E-state index is 0.0224. The van der Waals surface area contributed by atoms with E-state index in [0.717, 1.165) is 12.8 Å². The minimum atomic E-state index is -0.588. The van der Waals surface area contributed by atoms with Crippen LogP contribution in [0.5, 0.6) is 0 Å². The summed E-state index contributed by atoms with van der Waals surface area (Å²) in [5.41, 5.74) is -0.588. The number of carbonyl (C=O) groups excluding carboxylic acids is 1. The Hall–Kier alpha value is -0.570. The maximum absolute atomic E-state index is 10.6. The summed E-state index contributed by atoms with van der Waals surface area (Å²) in [7, 11) is 0. The van der Waals surface area contributed by atoms with Crippen molar-refractivity contribution < 1.29 is 9.90 Å². The van der Waals surface area contributed by atoms with E-state index in [4.69, 9.17) is 0 Å². The highest BCUT2D eigenvalue weighted by atomic mass is 16.3. The average molecular weight is 201 g/mol. The molecule has 0 spiro atoms. The van der Waals surface area contributed by atoms with Gasteiger partial charge in [0.25, 0.3) is 0 Å². The first-order valence-corrected chi connectivity index (χ1v) is 5.39. The molecule has 0 atom stereocenters. The molecule has 1 rings (SSSR count). The molecule has 0 heterocycles. The molecular formula is C11H23NO2. The van der Waals surface area contributed by atoms with Crippen molar-refractivity contribution in [1.29, 1.82) is 0 Å². The van der Waals surface area contributed by atoms with Crippen molar-refractivity contribution in [1.82, 2.24) is 5.32 Å². The van der Waals surface area contributed by atoms with Crippen LogP contribution in [0.1, 0.15) is 47.5 Å². The van der Waals surface area contributed by atoms with Gasteiger partial charge in [-0.3, -0.25) is 4.79 Å². The Morgan fingerprint density at radius 3 is 2.07 bits per heavy atom. The van der Waals surface area contributed by atoms with E-state index in [1.165, 1.54) is 6.92 Å². The van der Waals surface area contributed by atoms with E-state index in [0.29, 0.717) is 12.0 Å². The van der Waals surface area contributed by atoms with Gasteiger partial charge in [-0.2, -0.15) is 0 Å². The van der Waals surface area contributed by atoms with Crippen molar-refractivity contribution in [2.45, 2.75) is 59.1 Å². The number of amides is 1. The van der Waals surface area contributed by atoms with Crippen molar-refractivity contribution in [3.63, 3.8) is 0 Å². The van der Waals surface area contributed by atoms with Gasteiger partial charge in [0.1, 0.15) is 0 Å². The molecule has 3 heteroatoms. The van der Waals surface area contributed by atoms with Crippen LogP contribution in [0.15, 0.2) is 0 Å². The molecule has 84 valence electrons. The first-order chi connectivity index (χ1) is 6.39. The fourth-order valence-electron chi connectivity index (χ4n) is 1.60. The third-order valence-corrected chi connectivity index (χ3v) is 2.54. The normalized spacial score (nSPS) is 25.6. The summed E-state index contributed by atoms with van der Waals surface area (Å²) < 4.78 is 0. The number of carbonyl (C=O) groups is 1. The monoisotopic (exact) mass is 201 g/mol. The Balaban J connectivity index is 0.000000791. The number of hydrogen-bond donors (Lipinski definition) is 2. The molecule has 0 aromatic rings. The topological polar surface area (TPSA) is 49.3 Å². The lowest BCUT2D eigenvalue weighted by Crippen LogP contribution is -2.50. The molecule has 1 saturated carbocycles. The molecule has 1 fully saturated rings. The van der Waals surface area contributed by atoms with Crippen molar-refractivity contribution in [3.8, 4) is 0 Å². The molecule has 0 aromatic heterocycles. The molecule has 0 saturated heterocycles. The maximum Gasteiger partial charge on any atom is 0.217 e. The summed E-state index contributed by atoms with van der Waals surface area (Å²) in [5, 5.41) is 12.4. The van der Waals surface area contributed by atoms with Crippen molar-refractivity contribution >= 4 is 5.91 Å². The van der Waals surface area contributed by atoms with Gasteiger partial charge in [0, 0.05) is 13.0 Å². The third-order valence-electron chi connectivity index (χ3n) is 2.54. The van der Waals surface area contributed by atoms with Crippen LogP contribution in [0.4, 0.5) is 0 Å². The average Bonchev–Trinajstić information content (AvgIpc) is 1.97. The first kappa shape index (κ1) is 13.4. The molecule has 1 aliphatic carbocycles. The van der Waals surface area contributed by atoms with Gasteiger partial charge in [-0.05, 0) is 32.6 Å². The van der Waals surface area contributed by atoms with Crippen LogP contribution in [-0.4, -0.2) is 22.7 Å². The lowest BCUT2D eigenvalue weighted by molar-refractivity contribution is -0.121. The van der Waals surface area contributed by atoms with Crippen molar-refractivity contribution in [3.05, 3.63) is 0 Å². The highest BCUT2D eigenvalue weighted by Gasteiger charge is 2.38. The molecule has 0 unspecified atom stereocenters. The Morgan fingerprint density at radius 2 is 1.79 bits per heavy atom. The van der Waals surface area contributed by atoms with Gasteiger partial charge >= 0.3 is 0 Å². The van der Waals surface area contributed by atoms with Crippen LogP contribution in [0, 0.1) is 5.92 Å². The quantitative estimate of drug-likeness (QED) is 0.714. The Labute approximate surface area is 86.9 Å². The second-order valence-electron chi connectivity index (χ2n) is 4.22. The van der Waals surface area contributed by atoms with Gasteiger partial charge in [0.15, 0.2) is 0 Å². The van der Waals surface area contributed by atoms with E-state index in [1.54, 1.807) is 0 Å². The predicted octanol–water partition coefficient (Wildman–Crippen LogP) is 1.70. The van der Waals surface area contributed by atoms with Crippen molar-refractivity contribution in [2.75, 3.05) is 0 Å². The summed E-state index contributed by atoms with van der Waals surface area (Å²) in [6.45, 7) is 9.17. The van der Waals surface area contributed by atoms with Crippen molar-refractivity contribution in [2.24, 2.45) is 5.92 Å². The smallest absolute Gasteiger partial charge is 0.217 e. The molecule has 2 N–H and O–H groups in total. The minimum Gasteiger partial charge on any atom is -0.390 e. The molecule has 14 heavy (non-hydrogen) atoms. The molecule has 1 amide bonds. The number of nitrogens with one attached hydrogen (secondary N) is 1. The van der Waals surface area contributed by atoms with Crippen LogP contribution >= 0.6 is 0 Å². The maximum atomic E-state index is 10.6. The molecular weight excluding hydrogens is 178 g/mol. The van der Waals surface area contributed by atoms with Gasteiger partial charge in [-0.15, -0.1) is 0 Å². The van der Waals surface area contributed by atoms with Crippen LogP contribution < -0.4 is 5.32 Å². The SMILES string of the molecule is CC.CC(=O)NC1CC(C(C)(C)O)C1. The second kappa shape index (κ2) is 5.35. The van der Waals surface area contributed by atoms with E-state index in [9.17, 15) is 9.90 Å². The summed E-state index contributed by atoms with van der Waals surface area (Å²) in [5.74, 6) is 0.364. The van der Waals surface area contributed by atoms with Crippen LogP contribution in [0.3, 0.4) is 0 Å². The van der Waals surface area contributed by atoms with Gasteiger partial charge in [-0.1, -0.05) is 13.8 Å². The molecule has 0 bridgehead atoms. The largest absolute Gasteiger partial charge is 0.390 e. The van der Waals surface area contributed by atoms with E-state index < -0.39 is 5.60 Å². The molecule has 3 nitrogen and oxygen atoms in total. The van der Waals surface area contributed by atoms with Crippen LogP contribution in [-0.2, 0) is 4.79 Å². The highest BCUT2D eigenvalue weighted by Crippen LogP contribution is 2.35. The Kier molecular flexibility index (Phi) is 5.13. The Bertz CT molecular complexity index is 178. The zero-order valence-electron chi connectivity index (χ0n) is 9.92. The van der Waals surface area contributed by atoms with Crippen LogP contribution in [0.2, 0.25) is 0 Å². The lowest BCUT2D eigenvalue weighted by atomic mass is 9.71. The predicted molar refractivity (Wildman–Crippen MR) is 58.0 cm³/mol. The summed E-state index contributed by atoms with van der Waals surface area (Å²) >= 11 is 0. The molecule has 0 radical (unpaired) electrons. The summed E-state index contributed by atoms with van der Waals surface area (Å²) in [6.07, 6.45) is 1.81. The fraction of sp³-hybridized carbons (Fsp3) is 0.909. The molecule has 0 aromatic carbocycles. The van der Waals surface area contributed by atoms with E-state index >= 15 is 0 Å². The standard InChI is InChI=1S/C9H17NO2.C2H6/c1-6(11)10-8-4-7(5-8)9(2,3)12;1-2/h7-8,12H,4-5H2,1-3H3,(H,10,11);1-2H3. The summed E-state index contributed by atoms with van der Waals surface area (Å²) in [4.78, 5) is 10.6. The van der Waals surface area contributed by atoms with Gasteiger partial charge < -0.3 is 10.4 Å². The summed E-state index contributed by atoms with van der Waals surface area (Å²) in [6, 6.07) is 0.291. The Morgan fingerprint density at radius 1 is 1.36 bits per heavy atom. The fourth-order valence-corrected chi connectivity index (χ4v) is 1.60. The molecule has 0 aliphatic heterocycles. The number of hydrogen-bond acceptors (Lipinski definition) is 2. The highest BCUT2D eigenvalue weighted by molar-refractivity contribution is 5.73. The van der Waals surface area contributed by atoms with E-state index in [-0.39, 0.29) is 5.91 Å². The number of rotatable bonds is 2. The molecule has 1 aliphatic rings.